The molecule has 1 aromatic heterocycles. The number of nitrogens with zero attached hydrogens (tertiary/aromatic N) is 2. The molecule has 0 atom stereocenters. The summed E-state index contributed by atoms with van der Waals surface area (Å²) in [6.07, 6.45) is 7.66. The predicted molar refractivity (Wildman–Crippen MR) is 85.8 cm³/mol. The van der Waals surface area contributed by atoms with Gasteiger partial charge < -0.3 is 14.2 Å². The molecule has 1 saturated carbocycles. The number of piperidine rings is 1. The molecule has 0 bridgehead atoms. The molecule has 112 valence electrons. The first-order valence-corrected chi connectivity index (χ1v) is 8.22. The summed E-state index contributed by atoms with van der Waals surface area (Å²) in [4.78, 5) is 2.38. The van der Waals surface area contributed by atoms with Crippen LogP contribution in [0.25, 0.3) is 10.9 Å². The van der Waals surface area contributed by atoms with E-state index in [-0.39, 0.29) is 0 Å². The van der Waals surface area contributed by atoms with Gasteiger partial charge in [-0.3, -0.25) is 0 Å². The average Bonchev–Trinajstić information content (AvgIpc) is 3.22. The Hall–Kier alpha value is -1.48. The molecule has 2 aromatic rings. The number of hydrogen-bond donors (Lipinski definition) is 0. The van der Waals surface area contributed by atoms with Crippen molar-refractivity contribution in [1.82, 2.24) is 9.47 Å². The van der Waals surface area contributed by atoms with E-state index in [1.807, 2.05) is 0 Å². The summed E-state index contributed by atoms with van der Waals surface area (Å²) in [5.74, 6) is 1.97. The van der Waals surface area contributed by atoms with Crippen molar-refractivity contribution in [2.45, 2.75) is 38.3 Å². The van der Waals surface area contributed by atoms with Gasteiger partial charge in [-0.25, -0.2) is 0 Å². The van der Waals surface area contributed by atoms with E-state index in [2.05, 4.69) is 47.0 Å². The maximum absolute atomic E-state index is 6.31. The first-order chi connectivity index (χ1) is 10.3. The summed E-state index contributed by atoms with van der Waals surface area (Å²) < 4.78 is 8.71. The Balaban J connectivity index is 1.55. The number of rotatable bonds is 4. The first-order valence-electron chi connectivity index (χ1n) is 8.22. The topological polar surface area (TPSA) is 17.4 Å². The molecule has 2 fully saturated rings. The number of ether oxygens (including phenoxy) is 1. The third-order valence-electron chi connectivity index (χ3n) is 4.88. The minimum absolute atomic E-state index is 0.374. The molecule has 3 heteroatoms. The van der Waals surface area contributed by atoms with Crippen LogP contribution in [0.15, 0.2) is 30.5 Å². The van der Waals surface area contributed by atoms with Crippen LogP contribution in [0.2, 0.25) is 0 Å². The minimum atomic E-state index is 0.374. The number of aromatic nitrogens is 1. The smallest absolute Gasteiger partial charge is 0.129 e. The Morgan fingerprint density at radius 3 is 2.67 bits per heavy atom. The lowest BCUT2D eigenvalue weighted by atomic mass is 10.1. The molecule has 1 aromatic carbocycles. The molecule has 3 nitrogen and oxygen atoms in total. The van der Waals surface area contributed by atoms with Crippen LogP contribution in [-0.2, 0) is 6.54 Å². The van der Waals surface area contributed by atoms with Gasteiger partial charge in [0.05, 0.1) is 5.52 Å². The zero-order valence-corrected chi connectivity index (χ0v) is 12.8. The standard InChI is InChI=1S/C18H24N2O/c1-19-10-7-15(8-11-19)21-18-4-2-3-17-16(18)9-12-20(17)13-14-5-6-14/h2-4,9,12,14-15H,5-8,10-11,13H2,1H3. The van der Waals surface area contributed by atoms with Crippen molar-refractivity contribution in [1.29, 1.82) is 0 Å². The van der Waals surface area contributed by atoms with E-state index in [0.717, 1.165) is 37.6 Å². The first kappa shape index (κ1) is 13.2. The van der Waals surface area contributed by atoms with Gasteiger partial charge in [0.25, 0.3) is 0 Å². The molecule has 0 spiro atoms. The maximum Gasteiger partial charge on any atom is 0.129 e. The third-order valence-corrected chi connectivity index (χ3v) is 4.88. The number of benzene rings is 1. The van der Waals surface area contributed by atoms with Gasteiger partial charge in [-0.15, -0.1) is 0 Å². The van der Waals surface area contributed by atoms with E-state index in [1.165, 1.54) is 30.3 Å². The fourth-order valence-corrected chi connectivity index (χ4v) is 3.32. The zero-order valence-electron chi connectivity index (χ0n) is 12.8. The molecule has 0 unspecified atom stereocenters. The van der Waals surface area contributed by atoms with Crippen LogP contribution in [0.5, 0.6) is 5.75 Å². The summed E-state index contributed by atoms with van der Waals surface area (Å²) in [5.41, 5.74) is 1.33. The number of fused-ring (bicyclic) bond motifs is 1. The van der Waals surface area contributed by atoms with Gasteiger partial charge in [-0.05, 0) is 56.8 Å². The highest BCUT2D eigenvalue weighted by Crippen LogP contribution is 2.34. The Labute approximate surface area is 126 Å². The predicted octanol–water partition coefficient (Wildman–Crippen LogP) is 3.52. The zero-order chi connectivity index (χ0) is 14.2. The number of hydrogen-bond acceptors (Lipinski definition) is 2. The van der Waals surface area contributed by atoms with Crippen LogP contribution in [0.4, 0.5) is 0 Å². The normalized spacial score (nSPS) is 21.0. The van der Waals surface area contributed by atoms with E-state index in [9.17, 15) is 0 Å². The van der Waals surface area contributed by atoms with Gasteiger partial charge in [-0.2, -0.15) is 0 Å². The van der Waals surface area contributed by atoms with Crippen LogP contribution >= 0.6 is 0 Å². The second-order valence-electron chi connectivity index (χ2n) is 6.72. The molecule has 21 heavy (non-hydrogen) atoms. The van der Waals surface area contributed by atoms with E-state index in [0.29, 0.717) is 6.10 Å². The van der Waals surface area contributed by atoms with E-state index < -0.39 is 0 Å². The van der Waals surface area contributed by atoms with E-state index in [1.54, 1.807) is 0 Å². The Bertz CT molecular complexity index is 621. The van der Waals surface area contributed by atoms with Crippen molar-refractivity contribution < 1.29 is 4.74 Å². The fraction of sp³-hybridized carbons (Fsp3) is 0.556. The largest absolute Gasteiger partial charge is 0.490 e. The van der Waals surface area contributed by atoms with E-state index >= 15 is 0 Å². The fourth-order valence-electron chi connectivity index (χ4n) is 3.32. The minimum Gasteiger partial charge on any atom is -0.490 e. The summed E-state index contributed by atoms with van der Waals surface area (Å²) in [6, 6.07) is 8.71. The second kappa shape index (κ2) is 5.38. The Kier molecular flexibility index (Phi) is 3.38. The molecule has 0 N–H and O–H groups in total. The van der Waals surface area contributed by atoms with Crippen molar-refractivity contribution in [3.05, 3.63) is 30.5 Å². The molecule has 2 aliphatic rings. The monoisotopic (exact) mass is 284 g/mol. The summed E-state index contributed by atoms with van der Waals surface area (Å²) >= 11 is 0. The molecule has 1 aliphatic heterocycles. The molecular weight excluding hydrogens is 260 g/mol. The molecule has 2 heterocycles. The quantitative estimate of drug-likeness (QED) is 0.854. The lowest BCUT2D eigenvalue weighted by Gasteiger charge is -2.29. The highest BCUT2D eigenvalue weighted by molar-refractivity contribution is 5.86. The van der Waals surface area contributed by atoms with Gasteiger partial charge >= 0.3 is 0 Å². The summed E-state index contributed by atoms with van der Waals surface area (Å²) in [6.45, 7) is 3.45. The van der Waals surface area contributed by atoms with Crippen LogP contribution in [0.3, 0.4) is 0 Å². The van der Waals surface area contributed by atoms with Gasteiger partial charge in [0.15, 0.2) is 0 Å². The van der Waals surface area contributed by atoms with Crippen molar-refractivity contribution in [3.63, 3.8) is 0 Å². The average molecular weight is 284 g/mol. The molecule has 1 aliphatic carbocycles. The van der Waals surface area contributed by atoms with Crippen molar-refractivity contribution in [3.8, 4) is 5.75 Å². The van der Waals surface area contributed by atoms with Gasteiger partial charge in [0, 0.05) is 31.2 Å². The summed E-state index contributed by atoms with van der Waals surface area (Å²) in [7, 11) is 2.19. The van der Waals surface area contributed by atoms with Gasteiger partial charge in [-0.1, -0.05) is 6.07 Å². The second-order valence-corrected chi connectivity index (χ2v) is 6.72. The molecule has 0 amide bonds. The maximum atomic E-state index is 6.31. The lowest BCUT2D eigenvalue weighted by molar-refractivity contribution is 0.116. The van der Waals surface area contributed by atoms with Crippen LogP contribution in [0, 0.1) is 5.92 Å². The highest BCUT2D eigenvalue weighted by atomic mass is 16.5. The van der Waals surface area contributed by atoms with Crippen molar-refractivity contribution in [2.75, 3.05) is 20.1 Å². The molecule has 0 radical (unpaired) electrons. The van der Waals surface area contributed by atoms with Crippen LogP contribution in [-0.4, -0.2) is 35.7 Å². The van der Waals surface area contributed by atoms with E-state index in [4.69, 9.17) is 4.74 Å². The van der Waals surface area contributed by atoms with Gasteiger partial charge in [0.2, 0.25) is 0 Å². The van der Waals surface area contributed by atoms with Crippen molar-refractivity contribution >= 4 is 10.9 Å². The highest BCUT2D eigenvalue weighted by Gasteiger charge is 2.23. The van der Waals surface area contributed by atoms with Crippen molar-refractivity contribution in [2.24, 2.45) is 5.92 Å². The number of likely N-dealkylation sites (tertiary alicyclic amines) is 1. The Morgan fingerprint density at radius 2 is 1.90 bits per heavy atom. The molecular formula is C18H24N2O. The molecule has 1 saturated heterocycles. The summed E-state index contributed by atoms with van der Waals surface area (Å²) in [5, 5.41) is 1.28. The Morgan fingerprint density at radius 1 is 1.10 bits per heavy atom. The van der Waals surface area contributed by atoms with Gasteiger partial charge in [0.1, 0.15) is 11.9 Å². The SMILES string of the molecule is CN1CCC(Oc2cccc3c2ccn3CC2CC2)CC1. The van der Waals surface area contributed by atoms with Crippen LogP contribution < -0.4 is 4.74 Å². The van der Waals surface area contributed by atoms with Crippen LogP contribution in [0.1, 0.15) is 25.7 Å². The molecule has 4 rings (SSSR count). The third kappa shape index (κ3) is 2.80. The lowest BCUT2D eigenvalue weighted by Crippen LogP contribution is -2.35.